The monoisotopic (exact) mass is 377 g/mol. The third kappa shape index (κ3) is 3.65. The van der Waals surface area contributed by atoms with Gasteiger partial charge in [0, 0.05) is 27.9 Å². The molecule has 3 nitrogen and oxygen atoms in total. The lowest BCUT2D eigenvalue weighted by Crippen LogP contribution is -2.13. The summed E-state index contributed by atoms with van der Waals surface area (Å²) >= 11 is 5.73. The van der Waals surface area contributed by atoms with Crippen molar-refractivity contribution in [2.24, 2.45) is 0 Å². The normalized spacial score (nSPS) is 10.6. The summed E-state index contributed by atoms with van der Waals surface area (Å²) in [5.74, 6) is -3.38. The lowest BCUT2D eigenvalue weighted by atomic mass is 10.0. The van der Waals surface area contributed by atoms with Gasteiger partial charge in [0.2, 0.25) is 0 Å². The van der Waals surface area contributed by atoms with Crippen LogP contribution in [0.4, 0.5) is 18.9 Å². The van der Waals surface area contributed by atoms with E-state index in [0.29, 0.717) is 6.07 Å². The Balaban J connectivity index is 2.02. The fraction of sp³-hybridized carbons (Fsp3) is 0. The van der Waals surface area contributed by atoms with Crippen molar-refractivity contribution in [3.8, 4) is 16.9 Å². The van der Waals surface area contributed by atoms with E-state index in [1.165, 1.54) is 24.3 Å². The van der Waals surface area contributed by atoms with Gasteiger partial charge in [-0.3, -0.25) is 4.79 Å². The number of halogens is 4. The van der Waals surface area contributed by atoms with Gasteiger partial charge in [-0.2, -0.15) is 0 Å². The highest BCUT2D eigenvalue weighted by atomic mass is 35.5. The fourth-order valence-corrected chi connectivity index (χ4v) is 2.61. The van der Waals surface area contributed by atoms with Gasteiger partial charge in [0.15, 0.2) is 0 Å². The molecule has 0 spiro atoms. The summed E-state index contributed by atoms with van der Waals surface area (Å²) in [5.41, 5.74) is -0.0219. The molecule has 0 aromatic heterocycles. The maximum absolute atomic E-state index is 14.1. The highest BCUT2D eigenvalue weighted by Gasteiger charge is 2.17. The molecule has 2 N–H and O–H groups in total. The van der Waals surface area contributed by atoms with E-state index in [4.69, 9.17) is 11.6 Å². The molecule has 3 rings (SSSR count). The summed E-state index contributed by atoms with van der Waals surface area (Å²) in [5, 5.41) is 12.6. The van der Waals surface area contributed by atoms with Gasteiger partial charge in [0.05, 0.1) is 5.56 Å². The van der Waals surface area contributed by atoms with Gasteiger partial charge in [-0.25, -0.2) is 13.2 Å². The van der Waals surface area contributed by atoms with E-state index in [1.54, 1.807) is 0 Å². The van der Waals surface area contributed by atoms with Crippen LogP contribution in [0.3, 0.4) is 0 Å². The average Bonchev–Trinajstić information content (AvgIpc) is 2.56. The molecule has 0 unspecified atom stereocenters. The number of phenols is 1. The smallest absolute Gasteiger partial charge is 0.259 e. The largest absolute Gasteiger partial charge is 0.507 e. The minimum atomic E-state index is -0.902. The van der Waals surface area contributed by atoms with Crippen molar-refractivity contribution >= 4 is 23.2 Å². The summed E-state index contributed by atoms with van der Waals surface area (Å²) in [6.07, 6.45) is 0. The third-order valence-electron chi connectivity index (χ3n) is 3.66. The molecule has 3 aromatic rings. The Bertz CT molecular complexity index is 1010. The van der Waals surface area contributed by atoms with Gasteiger partial charge in [0.25, 0.3) is 5.91 Å². The Morgan fingerprint density at radius 1 is 0.885 bits per heavy atom. The van der Waals surface area contributed by atoms with Gasteiger partial charge in [0.1, 0.15) is 23.2 Å². The predicted octanol–water partition coefficient (Wildman–Crippen LogP) is 5.38. The summed E-state index contributed by atoms with van der Waals surface area (Å²) in [6.45, 7) is 0. The molecule has 26 heavy (non-hydrogen) atoms. The van der Waals surface area contributed by atoms with Crippen molar-refractivity contribution in [2.45, 2.75) is 0 Å². The number of aromatic hydroxyl groups is 1. The van der Waals surface area contributed by atoms with Crippen LogP contribution in [0.1, 0.15) is 10.4 Å². The van der Waals surface area contributed by atoms with E-state index in [0.717, 1.165) is 24.3 Å². The number of benzene rings is 3. The van der Waals surface area contributed by atoms with Gasteiger partial charge in [-0.15, -0.1) is 0 Å². The SMILES string of the molecule is O=C(Nc1ccc(F)cc1-c1ccc(F)cc1F)c1ccc(Cl)cc1O. The molecule has 3 aromatic carbocycles. The van der Waals surface area contributed by atoms with Crippen molar-refractivity contribution in [2.75, 3.05) is 5.32 Å². The van der Waals surface area contributed by atoms with Crippen LogP contribution in [-0.4, -0.2) is 11.0 Å². The van der Waals surface area contributed by atoms with Gasteiger partial charge < -0.3 is 10.4 Å². The zero-order valence-corrected chi connectivity index (χ0v) is 13.8. The summed E-state index contributed by atoms with van der Waals surface area (Å²) in [4.78, 5) is 12.4. The fourth-order valence-electron chi connectivity index (χ4n) is 2.44. The van der Waals surface area contributed by atoms with Gasteiger partial charge >= 0.3 is 0 Å². The molecule has 1 amide bonds. The van der Waals surface area contributed by atoms with Crippen molar-refractivity contribution in [3.05, 3.63) is 82.6 Å². The molecule has 0 radical (unpaired) electrons. The molecule has 0 atom stereocenters. The first kappa shape index (κ1) is 17.8. The van der Waals surface area contributed by atoms with E-state index in [1.807, 2.05) is 0 Å². The van der Waals surface area contributed by atoms with Crippen LogP contribution < -0.4 is 5.32 Å². The summed E-state index contributed by atoms with van der Waals surface area (Å²) in [6, 6.07) is 10.1. The van der Waals surface area contributed by atoms with E-state index < -0.39 is 23.4 Å². The number of hydrogen-bond donors (Lipinski definition) is 2. The van der Waals surface area contributed by atoms with Crippen LogP contribution >= 0.6 is 11.6 Å². The standard InChI is InChI=1S/C19H11ClF3NO2/c20-10-1-4-14(18(25)7-10)19(26)24-17-6-3-11(21)8-15(17)13-5-2-12(22)9-16(13)23/h1-9,25H,(H,24,26). The average molecular weight is 378 g/mol. The van der Waals surface area contributed by atoms with Crippen LogP contribution in [0, 0.1) is 17.5 Å². The quantitative estimate of drug-likeness (QED) is 0.643. The molecular weight excluding hydrogens is 367 g/mol. The van der Waals surface area contributed by atoms with Gasteiger partial charge in [-0.1, -0.05) is 11.6 Å². The number of nitrogens with one attached hydrogen (secondary N) is 1. The maximum atomic E-state index is 14.1. The molecule has 0 heterocycles. The summed E-state index contributed by atoms with van der Waals surface area (Å²) < 4.78 is 40.9. The maximum Gasteiger partial charge on any atom is 0.259 e. The van der Waals surface area contributed by atoms with Crippen molar-refractivity contribution < 1.29 is 23.1 Å². The Morgan fingerprint density at radius 3 is 2.27 bits per heavy atom. The molecule has 0 aliphatic heterocycles. The van der Waals surface area contributed by atoms with Crippen LogP contribution in [0.5, 0.6) is 5.75 Å². The number of phenolic OH excluding ortho intramolecular Hbond substituents is 1. The van der Waals surface area contributed by atoms with Crippen LogP contribution in [0.25, 0.3) is 11.1 Å². The van der Waals surface area contributed by atoms with E-state index in [2.05, 4.69) is 5.32 Å². The second-order valence-corrected chi connectivity index (χ2v) is 5.87. The topological polar surface area (TPSA) is 49.3 Å². The highest BCUT2D eigenvalue weighted by Crippen LogP contribution is 2.32. The van der Waals surface area contributed by atoms with Crippen LogP contribution in [0.2, 0.25) is 5.02 Å². The number of carbonyl (C=O) groups is 1. The Hall–Kier alpha value is -2.99. The molecule has 132 valence electrons. The molecular formula is C19H11ClF3NO2. The zero-order chi connectivity index (χ0) is 18.8. The number of rotatable bonds is 3. The molecule has 0 aliphatic rings. The first-order valence-electron chi connectivity index (χ1n) is 7.40. The first-order valence-corrected chi connectivity index (χ1v) is 7.78. The number of anilines is 1. The molecule has 0 bridgehead atoms. The van der Waals surface area contributed by atoms with Crippen molar-refractivity contribution in [1.82, 2.24) is 0 Å². The second-order valence-electron chi connectivity index (χ2n) is 5.43. The molecule has 0 saturated carbocycles. The Morgan fingerprint density at radius 2 is 1.58 bits per heavy atom. The third-order valence-corrected chi connectivity index (χ3v) is 3.89. The summed E-state index contributed by atoms with van der Waals surface area (Å²) in [7, 11) is 0. The Kier molecular flexibility index (Phi) is 4.86. The number of carbonyl (C=O) groups excluding carboxylic acids is 1. The lowest BCUT2D eigenvalue weighted by molar-refractivity contribution is 0.102. The number of amides is 1. The molecule has 0 aliphatic carbocycles. The van der Waals surface area contributed by atoms with E-state index >= 15 is 0 Å². The Labute approximate surface area is 151 Å². The van der Waals surface area contributed by atoms with Crippen molar-refractivity contribution in [3.63, 3.8) is 0 Å². The second kappa shape index (κ2) is 7.09. The number of hydrogen-bond acceptors (Lipinski definition) is 2. The molecule has 0 fully saturated rings. The minimum absolute atomic E-state index is 0.0318. The predicted molar refractivity (Wildman–Crippen MR) is 92.8 cm³/mol. The molecule has 7 heteroatoms. The van der Waals surface area contributed by atoms with E-state index in [9.17, 15) is 23.1 Å². The minimum Gasteiger partial charge on any atom is -0.507 e. The zero-order valence-electron chi connectivity index (χ0n) is 13.1. The van der Waals surface area contributed by atoms with Crippen LogP contribution in [0.15, 0.2) is 54.6 Å². The van der Waals surface area contributed by atoms with E-state index in [-0.39, 0.29) is 33.1 Å². The van der Waals surface area contributed by atoms with Crippen LogP contribution in [-0.2, 0) is 0 Å². The highest BCUT2D eigenvalue weighted by molar-refractivity contribution is 6.31. The first-order chi connectivity index (χ1) is 12.3. The van der Waals surface area contributed by atoms with Crippen molar-refractivity contribution in [1.29, 1.82) is 0 Å². The lowest BCUT2D eigenvalue weighted by Gasteiger charge is -2.13. The molecule has 0 saturated heterocycles. The van der Waals surface area contributed by atoms with Gasteiger partial charge in [-0.05, 0) is 48.5 Å².